The van der Waals surface area contributed by atoms with E-state index in [9.17, 15) is 4.79 Å². The number of carbonyl (C=O) groups excluding carboxylic acids is 1. The first-order valence-electron chi connectivity index (χ1n) is 5.50. The highest BCUT2D eigenvalue weighted by atomic mass is 35.5. The zero-order valence-corrected chi connectivity index (χ0v) is 10.9. The fourth-order valence-electron chi connectivity index (χ4n) is 1.82. The van der Waals surface area contributed by atoms with Gasteiger partial charge in [-0.1, -0.05) is 29.8 Å². The molecule has 2 rings (SSSR count). The molecular formula is C12H14ClN3O2. The summed E-state index contributed by atoms with van der Waals surface area (Å²) < 4.78 is 4.54. The molecule has 0 fully saturated rings. The predicted molar refractivity (Wildman–Crippen MR) is 69.8 cm³/mol. The summed E-state index contributed by atoms with van der Waals surface area (Å²) in [6.45, 7) is 0.670. The molecule has 18 heavy (non-hydrogen) atoms. The normalized spacial score (nSPS) is 18.5. The molecule has 1 heterocycles. The van der Waals surface area contributed by atoms with Gasteiger partial charge >= 0.3 is 6.09 Å². The molecule has 0 saturated heterocycles. The molecule has 1 aliphatic rings. The number of aliphatic imine (C=N–C) groups is 1. The second-order valence-electron chi connectivity index (χ2n) is 3.99. The van der Waals surface area contributed by atoms with E-state index in [4.69, 9.17) is 11.6 Å². The molecule has 0 bridgehead atoms. The number of hydrogen-bond acceptors (Lipinski definition) is 4. The molecule has 1 atom stereocenters. The number of ether oxygens (including phenoxy) is 1. The molecule has 1 aromatic rings. The van der Waals surface area contributed by atoms with Crippen molar-refractivity contribution < 1.29 is 9.53 Å². The molecule has 0 radical (unpaired) electrons. The fraction of sp³-hybridized carbons (Fsp3) is 0.333. The standard InChI is InChI=1S/C12H14ClN3O2/c1-16-7-10(8-5-3-4-6-9(8)13)14-11(16)15-12(17)18-2/h3-6,10H,7H2,1-2H3,(H,14,15,17). The molecule has 1 unspecified atom stereocenters. The number of amides is 1. The third-order valence-corrected chi connectivity index (χ3v) is 3.09. The first-order chi connectivity index (χ1) is 8.61. The summed E-state index contributed by atoms with van der Waals surface area (Å²) in [5, 5.41) is 3.25. The quantitative estimate of drug-likeness (QED) is 0.847. The van der Waals surface area contributed by atoms with Crippen molar-refractivity contribution in [1.29, 1.82) is 0 Å². The molecule has 5 nitrogen and oxygen atoms in total. The van der Waals surface area contributed by atoms with Gasteiger partial charge in [-0.05, 0) is 11.6 Å². The predicted octanol–water partition coefficient (Wildman–Crippen LogP) is 2.04. The molecule has 1 aromatic carbocycles. The number of likely N-dealkylation sites (N-methyl/N-ethyl adjacent to an activating group) is 1. The van der Waals surface area contributed by atoms with Gasteiger partial charge in [0.05, 0.1) is 13.2 Å². The van der Waals surface area contributed by atoms with Gasteiger partial charge in [0.15, 0.2) is 0 Å². The van der Waals surface area contributed by atoms with E-state index in [2.05, 4.69) is 15.0 Å². The summed E-state index contributed by atoms with van der Waals surface area (Å²) in [4.78, 5) is 17.4. The van der Waals surface area contributed by atoms with Gasteiger partial charge in [-0.25, -0.2) is 9.79 Å². The fourth-order valence-corrected chi connectivity index (χ4v) is 2.08. The molecule has 0 aromatic heterocycles. The Morgan fingerprint density at radius 1 is 1.56 bits per heavy atom. The van der Waals surface area contributed by atoms with Gasteiger partial charge in [-0.15, -0.1) is 0 Å². The van der Waals surface area contributed by atoms with Crippen molar-refractivity contribution in [2.24, 2.45) is 4.99 Å². The molecule has 1 amide bonds. The second kappa shape index (κ2) is 5.27. The Balaban J connectivity index is 2.18. The van der Waals surface area contributed by atoms with Crippen LogP contribution in [-0.2, 0) is 4.74 Å². The SMILES string of the molecule is COC(=O)NC1=NC(c2ccccc2Cl)CN1C. The van der Waals surface area contributed by atoms with Crippen LogP contribution >= 0.6 is 11.6 Å². The van der Waals surface area contributed by atoms with Crippen LogP contribution in [0.15, 0.2) is 29.3 Å². The third kappa shape index (κ3) is 2.56. The molecule has 0 saturated carbocycles. The zero-order valence-electron chi connectivity index (χ0n) is 10.2. The van der Waals surface area contributed by atoms with Gasteiger partial charge in [0.25, 0.3) is 0 Å². The van der Waals surface area contributed by atoms with Crippen LogP contribution < -0.4 is 5.32 Å². The number of nitrogens with one attached hydrogen (secondary N) is 1. The smallest absolute Gasteiger partial charge is 0.413 e. The Labute approximate surface area is 110 Å². The van der Waals surface area contributed by atoms with Gasteiger partial charge in [0.1, 0.15) is 0 Å². The van der Waals surface area contributed by atoms with Gasteiger partial charge < -0.3 is 9.64 Å². The van der Waals surface area contributed by atoms with E-state index in [-0.39, 0.29) is 6.04 Å². The molecule has 0 spiro atoms. The van der Waals surface area contributed by atoms with Gasteiger partial charge in [-0.2, -0.15) is 0 Å². The summed E-state index contributed by atoms with van der Waals surface area (Å²) in [6.07, 6.45) is -0.527. The number of halogens is 1. The Hall–Kier alpha value is -1.75. The highest BCUT2D eigenvalue weighted by Gasteiger charge is 2.26. The number of rotatable bonds is 1. The summed E-state index contributed by atoms with van der Waals surface area (Å²) in [5.41, 5.74) is 0.952. The van der Waals surface area contributed by atoms with Crippen molar-refractivity contribution in [3.05, 3.63) is 34.9 Å². The summed E-state index contributed by atoms with van der Waals surface area (Å²) in [6, 6.07) is 7.49. The first-order valence-corrected chi connectivity index (χ1v) is 5.88. The lowest BCUT2D eigenvalue weighted by Gasteiger charge is -2.14. The van der Waals surface area contributed by atoms with Crippen LogP contribution in [0.2, 0.25) is 5.02 Å². The Morgan fingerprint density at radius 2 is 2.28 bits per heavy atom. The number of carbonyl (C=O) groups is 1. The molecule has 1 aliphatic heterocycles. The second-order valence-corrected chi connectivity index (χ2v) is 4.39. The van der Waals surface area contributed by atoms with E-state index in [1.54, 1.807) is 0 Å². The third-order valence-electron chi connectivity index (χ3n) is 2.75. The van der Waals surface area contributed by atoms with Gasteiger partial charge in [0, 0.05) is 18.6 Å². The average molecular weight is 268 g/mol. The maximum Gasteiger partial charge on any atom is 0.413 e. The van der Waals surface area contributed by atoms with Crippen LogP contribution in [-0.4, -0.2) is 37.7 Å². The maximum atomic E-state index is 11.2. The van der Waals surface area contributed by atoms with Crippen LogP contribution in [0.5, 0.6) is 0 Å². The van der Waals surface area contributed by atoms with Crippen molar-refractivity contribution in [3.8, 4) is 0 Å². The number of benzene rings is 1. The van der Waals surface area contributed by atoms with E-state index >= 15 is 0 Å². The summed E-state index contributed by atoms with van der Waals surface area (Å²) in [7, 11) is 3.17. The minimum Gasteiger partial charge on any atom is -0.453 e. The average Bonchev–Trinajstić information content (AvgIpc) is 2.71. The minimum absolute atomic E-state index is 0.0733. The van der Waals surface area contributed by atoms with Crippen molar-refractivity contribution >= 4 is 23.7 Å². The largest absolute Gasteiger partial charge is 0.453 e. The molecule has 0 aliphatic carbocycles. The topological polar surface area (TPSA) is 53.9 Å². The van der Waals surface area contributed by atoms with Gasteiger partial charge in [-0.3, -0.25) is 5.32 Å². The first kappa shape index (κ1) is 12.7. The van der Waals surface area contributed by atoms with Crippen molar-refractivity contribution in [2.45, 2.75) is 6.04 Å². The van der Waals surface area contributed by atoms with Crippen molar-refractivity contribution in [1.82, 2.24) is 10.2 Å². The number of methoxy groups -OCH3 is 1. The molecule has 6 heteroatoms. The van der Waals surface area contributed by atoms with Crippen LogP contribution in [0.25, 0.3) is 0 Å². The van der Waals surface area contributed by atoms with Crippen LogP contribution in [0.1, 0.15) is 11.6 Å². The van der Waals surface area contributed by atoms with Crippen LogP contribution in [0, 0.1) is 0 Å². The van der Waals surface area contributed by atoms with Crippen LogP contribution in [0.4, 0.5) is 4.79 Å². The van der Waals surface area contributed by atoms with E-state index in [0.29, 0.717) is 17.5 Å². The monoisotopic (exact) mass is 267 g/mol. The molecular weight excluding hydrogens is 254 g/mol. The van der Waals surface area contributed by atoms with E-state index < -0.39 is 6.09 Å². The van der Waals surface area contributed by atoms with Crippen LogP contribution in [0.3, 0.4) is 0 Å². The number of nitrogens with zero attached hydrogens (tertiary/aromatic N) is 2. The minimum atomic E-state index is -0.527. The Kier molecular flexibility index (Phi) is 3.72. The lowest BCUT2D eigenvalue weighted by Crippen LogP contribution is -2.39. The number of alkyl carbamates (subject to hydrolysis) is 1. The summed E-state index contributed by atoms with van der Waals surface area (Å²) >= 11 is 6.13. The maximum absolute atomic E-state index is 11.2. The lowest BCUT2D eigenvalue weighted by atomic mass is 10.1. The Morgan fingerprint density at radius 3 is 2.94 bits per heavy atom. The zero-order chi connectivity index (χ0) is 13.1. The van der Waals surface area contributed by atoms with Gasteiger partial charge in [0.2, 0.25) is 5.96 Å². The van der Waals surface area contributed by atoms with Crippen molar-refractivity contribution in [3.63, 3.8) is 0 Å². The van der Waals surface area contributed by atoms with E-state index in [0.717, 1.165) is 5.56 Å². The lowest BCUT2D eigenvalue weighted by molar-refractivity contribution is 0.176. The number of guanidine groups is 1. The highest BCUT2D eigenvalue weighted by Crippen LogP contribution is 2.29. The Bertz CT molecular complexity index is 490. The summed E-state index contributed by atoms with van der Waals surface area (Å²) in [5.74, 6) is 0.492. The molecule has 96 valence electrons. The van der Waals surface area contributed by atoms with E-state index in [1.807, 2.05) is 36.2 Å². The molecule has 1 N–H and O–H groups in total. The number of hydrogen-bond donors (Lipinski definition) is 1. The highest BCUT2D eigenvalue weighted by molar-refractivity contribution is 6.31. The van der Waals surface area contributed by atoms with Crippen molar-refractivity contribution in [2.75, 3.05) is 20.7 Å². The van der Waals surface area contributed by atoms with E-state index in [1.165, 1.54) is 7.11 Å².